The Bertz CT molecular complexity index is 938. The van der Waals surface area contributed by atoms with Crippen molar-refractivity contribution in [1.82, 2.24) is 14.9 Å². The minimum atomic E-state index is -0.492. The van der Waals surface area contributed by atoms with Gasteiger partial charge in [0, 0.05) is 23.4 Å². The topological polar surface area (TPSA) is 73.0 Å². The Kier molecular flexibility index (Phi) is 5.18. The Balaban J connectivity index is 1.65. The SMILES string of the molecule is Cc1noc(C)c1Cn1cc(NC(=O)/C=C/c2c(F)cccc2Cl)cn1. The molecule has 26 heavy (non-hydrogen) atoms. The summed E-state index contributed by atoms with van der Waals surface area (Å²) in [6.45, 7) is 4.18. The molecule has 134 valence electrons. The highest BCUT2D eigenvalue weighted by molar-refractivity contribution is 6.32. The number of rotatable bonds is 5. The Morgan fingerprint density at radius 3 is 2.92 bits per heavy atom. The van der Waals surface area contributed by atoms with Crippen LogP contribution in [0.2, 0.25) is 5.02 Å². The van der Waals surface area contributed by atoms with Crippen molar-refractivity contribution >= 4 is 29.3 Å². The van der Waals surface area contributed by atoms with E-state index in [1.54, 1.807) is 16.9 Å². The second kappa shape index (κ2) is 7.53. The zero-order valence-corrected chi connectivity index (χ0v) is 14.9. The molecule has 0 spiro atoms. The lowest BCUT2D eigenvalue weighted by atomic mass is 10.2. The highest BCUT2D eigenvalue weighted by Gasteiger charge is 2.11. The Hall–Kier alpha value is -2.93. The van der Waals surface area contributed by atoms with E-state index in [2.05, 4.69) is 15.6 Å². The number of anilines is 1. The lowest BCUT2D eigenvalue weighted by Crippen LogP contribution is -2.07. The highest BCUT2D eigenvalue weighted by atomic mass is 35.5. The number of hydrogen-bond donors (Lipinski definition) is 1. The molecule has 0 saturated carbocycles. The van der Waals surface area contributed by atoms with Crippen LogP contribution in [0.4, 0.5) is 10.1 Å². The summed E-state index contributed by atoms with van der Waals surface area (Å²) in [5.74, 6) is -0.177. The van der Waals surface area contributed by atoms with E-state index in [0.29, 0.717) is 12.2 Å². The first-order valence-corrected chi connectivity index (χ1v) is 8.19. The standard InChI is InChI=1S/C18H16ClFN4O2/c1-11-15(12(2)26-23-11)10-24-9-13(8-21-24)22-18(25)7-6-14-16(19)4-3-5-17(14)20/h3-9H,10H2,1-2H3,(H,22,25)/b7-6+. The van der Waals surface area contributed by atoms with Crippen LogP contribution in [0, 0.1) is 19.7 Å². The number of amides is 1. The van der Waals surface area contributed by atoms with Crippen LogP contribution in [0.5, 0.6) is 0 Å². The van der Waals surface area contributed by atoms with Crippen LogP contribution in [0.1, 0.15) is 22.6 Å². The normalized spacial score (nSPS) is 11.2. The van der Waals surface area contributed by atoms with Crippen molar-refractivity contribution in [3.8, 4) is 0 Å². The van der Waals surface area contributed by atoms with Gasteiger partial charge >= 0.3 is 0 Å². The fourth-order valence-electron chi connectivity index (χ4n) is 2.42. The summed E-state index contributed by atoms with van der Waals surface area (Å²) in [4.78, 5) is 12.0. The maximum Gasteiger partial charge on any atom is 0.248 e. The van der Waals surface area contributed by atoms with Crippen LogP contribution < -0.4 is 5.32 Å². The summed E-state index contributed by atoms with van der Waals surface area (Å²) < 4.78 is 20.5. The monoisotopic (exact) mass is 374 g/mol. The van der Waals surface area contributed by atoms with E-state index in [1.165, 1.54) is 30.5 Å². The first kappa shape index (κ1) is 17.9. The van der Waals surface area contributed by atoms with Crippen molar-refractivity contribution in [3.63, 3.8) is 0 Å². The average Bonchev–Trinajstić information content (AvgIpc) is 3.16. The van der Waals surface area contributed by atoms with Gasteiger partial charge in [-0.2, -0.15) is 5.10 Å². The van der Waals surface area contributed by atoms with Crippen LogP contribution >= 0.6 is 11.6 Å². The van der Waals surface area contributed by atoms with Crippen molar-refractivity contribution in [2.75, 3.05) is 5.32 Å². The lowest BCUT2D eigenvalue weighted by Gasteiger charge is -2.01. The van der Waals surface area contributed by atoms with Crippen molar-refractivity contribution in [2.24, 2.45) is 0 Å². The number of hydrogen-bond acceptors (Lipinski definition) is 4. The van der Waals surface area contributed by atoms with E-state index in [9.17, 15) is 9.18 Å². The minimum absolute atomic E-state index is 0.165. The van der Waals surface area contributed by atoms with Gasteiger partial charge in [0.1, 0.15) is 11.6 Å². The second-order valence-corrected chi connectivity index (χ2v) is 6.09. The summed E-state index contributed by atoms with van der Waals surface area (Å²) >= 11 is 5.92. The predicted molar refractivity (Wildman–Crippen MR) is 96.4 cm³/mol. The number of aromatic nitrogens is 3. The lowest BCUT2D eigenvalue weighted by molar-refractivity contribution is -0.111. The number of nitrogens with one attached hydrogen (secondary N) is 1. The number of halogens is 2. The largest absolute Gasteiger partial charge is 0.361 e. The molecule has 0 unspecified atom stereocenters. The summed E-state index contributed by atoms with van der Waals surface area (Å²) in [6, 6.07) is 4.34. The van der Waals surface area contributed by atoms with Crippen LogP contribution in [-0.2, 0) is 11.3 Å². The van der Waals surface area contributed by atoms with Gasteiger partial charge in [0.25, 0.3) is 0 Å². The van der Waals surface area contributed by atoms with Crippen LogP contribution in [0.25, 0.3) is 6.08 Å². The second-order valence-electron chi connectivity index (χ2n) is 5.69. The van der Waals surface area contributed by atoms with Gasteiger partial charge in [-0.1, -0.05) is 22.8 Å². The van der Waals surface area contributed by atoms with E-state index in [1.807, 2.05) is 13.8 Å². The van der Waals surface area contributed by atoms with Gasteiger partial charge < -0.3 is 9.84 Å². The van der Waals surface area contributed by atoms with Gasteiger partial charge in [0.05, 0.1) is 29.1 Å². The zero-order valence-electron chi connectivity index (χ0n) is 14.2. The quantitative estimate of drug-likeness (QED) is 0.685. The number of aryl methyl sites for hydroxylation is 2. The molecule has 3 rings (SSSR count). The summed E-state index contributed by atoms with van der Waals surface area (Å²) in [7, 11) is 0. The first-order chi connectivity index (χ1) is 12.4. The molecule has 1 aromatic carbocycles. The molecule has 0 aliphatic heterocycles. The summed E-state index contributed by atoms with van der Waals surface area (Å²) in [5, 5.41) is 11.0. The van der Waals surface area contributed by atoms with Gasteiger partial charge in [-0.15, -0.1) is 0 Å². The van der Waals surface area contributed by atoms with Crippen LogP contribution in [0.15, 0.2) is 41.2 Å². The molecule has 2 aromatic heterocycles. The summed E-state index contributed by atoms with van der Waals surface area (Å²) in [6.07, 6.45) is 5.77. The van der Waals surface area contributed by atoms with Gasteiger partial charge in [-0.25, -0.2) is 4.39 Å². The third-order valence-electron chi connectivity index (χ3n) is 3.80. The molecule has 0 aliphatic carbocycles. The third-order valence-corrected chi connectivity index (χ3v) is 4.13. The van der Waals surface area contributed by atoms with Crippen molar-refractivity contribution in [3.05, 3.63) is 70.1 Å². The van der Waals surface area contributed by atoms with E-state index in [4.69, 9.17) is 16.1 Å². The first-order valence-electron chi connectivity index (χ1n) is 7.81. The fourth-order valence-corrected chi connectivity index (χ4v) is 2.64. The molecule has 3 aromatic rings. The van der Waals surface area contributed by atoms with Crippen LogP contribution in [0.3, 0.4) is 0 Å². The van der Waals surface area contributed by atoms with E-state index in [-0.39, 0.29) is 10.6 Å². The molecule has 0 saturated heterocycles. The number of nitrogens with zero attached hydrogens (tertiary/aromatic N) is 3. The summed E-state index contributed by atoms with van der Waals surface area (Å²) in [5.41, 5.74) is 2.43. The maximum atomic E-state index is 13.7. The Morgan fingerprint density at radius 2 is 2.23 bits per heavy atom. The molecule has 0 radical (unpaired) electrons. The molecule has 0 bridgehead atoms. The predicted octanol–water partition coefficient (Wildman–Crippen LogP) is 3.98. The molecule has 0 aliphatic rings. The third kappa shape index (κ3) is 4.00. The van der Waals surface area contributed by atoms with E-state index in [0.717, 1.165) is 17.0 Å². The van der Waals surface area contributed by atoms with Crippen molar-refractivity contribution < 1.29 is 13.7 Å². The molecule has 1 N–H and O–H groups in total. The van der Waals surface area contributed by atoms with Gasteiger partial charge in [-0.05, 0) is 32.1 Å². The number of carbonyl (C=O) groups is 1. The fraction of sp³-hybridized carbons (Fsp3) is 0.167. The van der Waals surface area contributed by atoms with Crippen molar-refractivity contribution in [2.45, 2.75) is 20.4 Å². The Labute approximate surface area is 154 Å². The molecule has 1 amide bonds. The smallest absolute Gasteiger partial charge is 0.248 e. The van der Waals surface area contributed by atoms with Gasteiger partial charge in [0.15, 0.2) is 0 Å². The molecule has 0 fully saturated rings. The maximum absolute atomic E-state index is 13.7. The average molecular weight is 375 g/mol. The molecule has 0 atom stereocenters. The number of carbonyl (C=O) groups excluding carboxylic acids is 1. The van der Waals surface area contributed by atoms with Gasteiger partial charge in [0.2, 0.25) is 5.91 Å². The van der Waals surface area contributed by atoms with Crippen LogP contribution in [-0.4, -0.2) is 20.8 Å². The molecule has 6 nitrogen and oxygen atoms in total. The Morgan fingerprint density at radius 1 is 1.42 bits per heavy atom. The molecular weight excluding hydrogens is 359 g/mol. The molecular formula is C18H16ClFN4O2. The van der Waals surface area contributed by atoms with E-state index < -0.39 is 11.7 Å². The number of benzene rings is 1. The molecule has 8 heteroatoms. The highest BCUT2D eigenvalue weighted by Crippen LogP contribution is 2.20. The molecule has 2 heterocycles. The van der Waals surface area contributed by atoms with Crippen molar-refractivity contribution in [1.29, 1.82) is 0 Å². The van der Waals surface area contributed by atoms with E-state index >= 15 is 0 Å². The zero-order chi connectivity index (χ0) is 18.7. The minimum Gasteiger partial charge on any atom is -0.361 e. The van der Waals surface area contributed by atoms with Gasteiger partial charge in [-0.3, -0.25) is 9.48 Å².